The summed E-state index contributed by atoms with van der Waals surface area (Å²) in [6, 6.07) is 6.89. The average molecular weight is 187 g/mol. The second kappa shape index (κ2) is 5.27. The predicted octanol–water partition coefficient (Wildman–Crippen LogP) is -2.87. The van der Waals surface area contributed by atoms with E-state index >= 15 is 0 Å². The Balaban J connectivity index is 0.00000144. The number of carbonyl (C=O) groups is 1. The van der Waals surface area contributed by atoms with Gasteiger partial charge in [0.05, 0.1) is 0 Å². The normalized spacial score (nSPS) is 11.5. The summed E-state index contributed by atoms with van der Waals surface area (Å²) < 4.78 is 0. The largest absolute Gasteiger partial charge is 1.00 e. The maximum atomic E-state index is 10.5. The molecule has 0 aliphatic carbocycles. The summed E-state index contributed by atoms with van der Waals surface area (Å²) in [5, 5.41) is 10.5. The average Bonchev–Trinajstić information content (AvgIpc) is 2.04. The van der Waals surface area contributed by atoms with Crippen LogP contribution in [0, 0.1) is 0 Å². The third-order valence-electron chi connectivity index (χ3n) is 1.82. The SMILES string of the molecule is CC(C(=O)[O-])c1ccccc1N.[Na+]. The van der Waals surface area contributed by atoms with Gasteiger partial charge in [-0.15, -0.1) is 0 Å². The van der Waals surface area contributed by atoms with Gasteiger partial charge >= 0.3 is 29.6 Å². The molecule has 0 saturated heterocycles. The molecule has 2 N–H and O–H groups in total. The molecule has 0 fully saturated rings. The van der Waals surface area contributed by atoms with Crippen molar-refractivity contribution in [3.63, 3.8) is 0 Å². The van der Waals surface area contributed by atoms with Crippen LogP contribution in [0.5, 0.6) is 0 Å². The van der Waals surface area contributed by atoms with Crippen molar-refractivity contribution in [1.29, 1.82) is 0 Å². The van der Waals surface area contributed by atoms with Crippen LogP contribution in [0.15, 0.2) is 24.3 Å². The van der Waals surface area contributed by atoms with E-state index in [1.54, 1.807) is 31.2 Å². The van der Waals surface area contributed by atoms with Gasteiger partial charge in [0.25, 0.3) is 0 Å². The molecule has 1 atom stereocenters. The molecule has 1 aromatic carbocycles. The van der Waals surface area contributed by atoms with E-state index in [1.165, 1.54) is 0 Å². The zero-order valence-corrected chi connectivity index (χ0v) is 9.78. The van der Waals surface area contributed by atoms with Gasteiger partial charge in [0, 0.05) is 17.6 Å². The van der Waals surface area contributed by atoms with Gasteiger partial charge < -0.3 is 15.6 Å². The number of anilines is 1. The number of nitrogen functional groups attached to an aromatic ring is 1. The number of nitrogens with two attached hydrogens (primary N) is 1. The third-order valence-corrected chi connectivity index (χ3v) is 1.82. The molecule has 0 aromatic heterocycles. The molecule has 64 valence electrons. The minimum absolute atomic E-state index is 0. The summed E-state index contributed by atoms with van der Waals surface area (Å²) in [5.74, 6) is -1.75. The fourth-order valence-corrected chi connectivity index (χ4v) is 1.03. The van der Waals surface area contributed by atoms with Gasteiger partial charge in [0.2, 0.25) is 0 Å². The first-order valence-corrected chi connectivity index (χ1v) is 3.68. The Labute approximate surface area is 99.2 Å². The Kier molecular flexibility index (Phi) is 5.06. The summed E-state index contributed by atoms with van der Waals surface area (Å²) in [6.07, 6.45) is 0. The van der Waals surface area contributed by atoms with E-state index in [1.807, 2.05) is 0 Å². The minimum atomic E-state index is -1.10. The molecule has 3 nitrogen and oxygen atoms in total. The van der Waals surface area contributed by atoms with E-state index in [9.17, 15) is 9.90 Å². The first-order chi connectivity index (χ1) is 5.63. The number of hydrogen-bond acceptors (Lipinski definition) is 3. The van der Waals surface area contributed by atoms with Crippen LogP contribution in [-0.2, 0) is 4.79 Å². The van der Waals surface area contributed by atoms with Crippen LogP contribution in [0.2, 0.25) is 0 Å². The van der Waals surface area contributed by atoms with Crippen LogP contribution in [0.1, 0.15) is 18.4 Å². The van der Waals surface area contributed by atoms with Gasteiger partial charge in [-0.2, -0.15) is 0 Å². The number of carboxylic acids is 1. The van der Waals surface area contributed by atoms with Crippen LogP contribution in [0.4, 0.5) is 5.69 Å². The zero-order chi connectivity index (χ0) is 9.14. The fourth-order valence-electron chi connectivity index (χ4n) is 1.03. The van der Waals surface area contributed by atoms with E-state index in [0.29, 0.717) is 11.3 Å². The monoisotopic (exact) mass is 187 g/mol. The number of hydrogen-bond donors (Lipinski definition) is 1. The molecule has 13 heavy (non-hydrogen) atoms. The standard InChI is InChI=1S/C9H11NO2.Na/c1-6(9(11)12)7-4-2-3-5-8(7)10;/h2-6H,10H2,1H3,(H,11,12);/q;+1/p-1. The van der Waals surface area contributed by atoms with E-state index < -0.39 is 11.9 Å². The Morgan fingerprint density at radius 2 is 2.00 bits per heavy atom. The van der Waals surface area contributed by atoms with E-state index in [0.717, 1.165) is 0 Å². The molecule has 0 aliphatic heterocycles. The third kappa shape index (κ3) is 3.03. The van der Waals surface area contributed by atoms with Crippen molar-refractivity contribution in [2.75, 3.05) is 5.73 Å². The molecule has 1 unspecified atom stereocenters. The number of benzene rings is 1. The van der Waals surface area contributed by atoms with Crippen LogP contribution in [-0.4, -0.2) is 5.97 Å². The Morgan fingerprint density at radius 3 is 2.46 bits per heavy atom. The minimum Gasteiger partial charge on any atom is -0.550 e. The van der Waals surface area contributed by atoms with E-state index in [2.05, 4.69) is 0 Å². The van der Waals surface area contributed by atoms with Crippen molar-refractivity contribution in [2.45, 2.75) is 12.8 Å². The van der Waals surface area contributed by atoms with E-state index in [4.69, 9.17) is 5.73 Å². The Bertz CT molecular complexity index is 301. The summed E-state index contributed by atoms with van der Waals surface area (Å²) in [4.78, 5) is 10.5. The first kappa shape index (κ1) is 12.5. The summed E-state index contributed by atoms with van der Waals surface area (Å²) >= 11 is 0. The van der Waals surface area contributed by atoms with Gasteiger partial charge in [0.15, 0.2) is 0 Å². The van der Waals surface area contributed by atoms with Crippen molar-refractivity contribution in [3.05, 3.63) is 29.8 Å². The topological polar surface area (TPSA) is 66.1 Å². The molecular weight excluding hydrogens is 177 g/mol. The Morgan fingerprint density at radius 1 is 1.46 bits per heavy atom. The van der Waals surface area contributed by atoms with Crippen molar-refractivity contribution in [1.82, 2.24) is 0 Å². The van der Waals surface area contributed by atoms with Gasteiger partial charge in [-0.25, -0.2) is 0 Å². The molecular formula is C9H10NNaO2. The number of carboxylic acid groups (broad SMARTS) is 1. The molecule has 0 radical (unpaired) electrons. The van der Waals surface area contributed by atoms with Gasteiger partial charge in [-0.05, 0) is 11.6 Å². The second-order valence-corrected chi connectivity index (χ2v) is 2.67. The Hall–Kier alpha value is -0.510. The fraction of sp³-hybridized carbons (Fsp3) is 0.222. The van der Waals surface area contributed by atoms with Crippen LogP contribution in [0.3, 0.4) is 0 Å². The van der Waals surface area contributed by atoms with Gasteiger partial charge in [-0.1, -0.05) is 25.1 Å². The second-order valence-electron chi connectivity index (χ2n) is 2.67. The van der Waals surface area contributed by atoms with Gasteiger partial charge in [0.1, 0.15) is 0 Å². The van der Waals surface area contributed by atoms with Crippen molar-refractivity contribution in [3.8, 4) is 0 Å². The molecule has 1 aromatic rings. The smallest absolute Gasteiger partial charge is 0.550 e. The maximum absolute atomic E-state index is 10.5. The van der Waals surface area contributed by atoms with Gasteiger partial charge in [-0.3, -0.25) is 0 Å². The van der Waals surface area contributed by atoms with E-state index in [-0.39, 0.29) is 29.6 Å². The maximum Gasteiger partial charge on any atom is 1.00 e. The van der Waals surface area contributed by atoms with Crippen LogP contribution in [0.25, 0.3) is 0 Å². The molecule has 0 amide bonds. The molecule has 0 saturated carbocycles. The van der Waals surface area contributed by atoms with Crippen molar-refractivity contribution >= 4 is 11.7 Å². The zero-order valence-electron chi connectivity index (χ0n) is 7.78. The van der Waals surface area contributed by atoms with Crippen LogP contribution >= 0.6 is 0 Å². The molecule has 0 bridgehead atoms. The summed E-state index contributed by atoms with van der Waals surface area (Å²) in [6.45, 7) is 1.56. The predicted molar refractivity (Wildman–Crippen MR) is 44.3 cm³/mol. The number of carbonyl (C=O) groups excluding carboxylic acids is 1. The molecule has 4 heteroatoms. The number of aliphatic carboxylic acids is 1. The molecule has 0 heterocycles. The molecule has 0 aliphatic rings. The summed E-state index contributed by atoms with van der Waals surface area (Å²) in [5.41, 5.74) is 6.67. The first-order valence-electron chi connectivity index (χ1n) is 3.68. The summed E-state index contributed by atoms with van der Waals surface area (Å²) in [7, 11) is 0. The number of rotatable bonds is 2. The molecule has 1 rings (SSSR count). The van der Waals surface area contributed by atoms with Crippen LogP contribution < -0.4 is 40.4 Å². The van der Waals surface area contributed by atoms with Crippen molar-refractivity contribution < 1.29 is 39.5 Å². The molecule has 0 spiro atoms. The van der Waals surface area contributed by atoms with Crippen molar-refractivity contribution in [2.24, 2.45) is 0 Å². The number of para-hydroxylation sites is 1. The quantitative estimate of drug-likeness (QED) is 0.399.